The van der Waals surface area contributed by atoms with Crippen molar-refractivity contribution in [3.8, 4) is 23.0 Å². The maximum absolute atomic E-state index is 12.5. The van der Waals surface area contributed by atoms with E-state index in [0.717, 1.165) is 29.7 Å². The molecule has 1 aliphatic rings. The van der Waals surface area contributed by atoms with Crippen molar-refractivity contribution in [2.24, 2.45) is 0 Å². The van der Waals surface area contributed by atoms with Gasteiger partial charge in [0.25, 0.3) is 0 Å². The van der Waals surface area contributed by atoms with Crippen molar-refractivity contribution in [2.45, 2.75) is 25.8 Å². The lowest BCUT2D eigenvalue weighted by Gasteiger charge is -2.31. The Hall–Kier alpha value is -2.73. The van der Waals surface area contributed by atoms with E-state index in [0.29, 0.717) is 35.0 Å². The second-order valence-electron chi connectivity index (χ2n) is 6.58. The summed E-state index contributed by atoms with van der Waals surface area (Å²) >= 11 is 0. The predicted octanol–water partition coefficient (Wildman–Crippen LogP) is 3.55. The predicted molar refractivity (Wildman–Crippen MR) is 107 cm³/mol. The van der Waals surface area contributed by atoms with Crippen molar-refractivity contribution < 1.29 is 23.7 Å². The zero-order chi connectivity index (χ0) is 20.3. The third kappa shape index (κ3) is 3.40. The molecule has 0 fully saturated rings. The van der Waals surface area contributed by atoms with Crippen LogP contribution in [0.2, 0.25) is 0 Å². The Balaban J connectivity index is 2.24. The lowest BCUT2D eigenvalue weighted by Crippen LogP contribution is -2.31. The number of nitrogens with one attached hydrogen (secondary N) is 1. The van der Waals surface area contributed by atoms with Gasteiger partial charge in [-0.3, -0.25) is 4.79 Å². The molecule has 6 heteroatoms. The van der Waals surface area contributed by atoms with E-state index in [1.54, 1.807) is 34.5 Å². The van der Waals surface area contributed by atoms with Gasteiger partial charge < -0.3 is 24.3 Å². The molecule has 0 amide bonds. The average Bonchev–Trinajstić information content (AvgIpc) is 2.75. The summed E-state index contributed by atoms with van der Waals surface area (Å²) in [7, 11) is 6.47. The molecule has 2 aromatic rings. The van der Waals surface area contributed by atoms with Crippen molar-refractivity contribution in [1.29, 1.82) is 0 Å². The van der Waals surface area contributed by atoms with Crippen LogP contribution in [0.1, 0.15) is 46.4 Å². The van der Waals surface area contributed by atoms with Gasteiger partial charge in [-0.1, -0.05) is 6.92 Å². The molecule has 0 saturated heterocycles. The molecule has 1 heterocycles. The Morgan fingerprint density at radius 2 is 1.68 bits per heavy atom. The van der Waals surface area contributed by atoms with Crippen molar-refractivity contribution in [2.75, 3.05) is 35.0 Å². The SMILES string of the molecule is CCC(=O)c1ccc(OC)c(C2NCCc3cc(OC)c(OC)cc32)c1OC. The second kappa shape index (κ2) is 8.52. The van der Waals surface area contributed by atoms with Crippen LogP contribution in [0.3, 0.4) is 0 Å². The summed E-state index contributed by atoms with van der Waals surface area (Å²) in [5.74, 6) is 2.62. The molecule has 28 heavy (non-hydrogen) atoms. The number of methoxy groups -OCH3 is 4. The molecule has 1 atom stereocenters. The number of hydrogen-bond acceptors (Lipinski definition) is 6. The highest BCUT2D eigenvalue weighted by atomic mass is 16.5. The number of benzene rings is 2. The summed E-state index contributed by atoms with van der Waals surface area (Å²) in [6.07, 6.45) is 1.27. The zero-order valence-electron chi connectivity index (χ0n) is 17.0. The summed E-state index contributed by atoms with van der Waals surface area (Å²) in [5.41, 5.74) is 3.60. The van der Waals surface area contributed by atoms with Crippen LogP contribution in [-0.2, 0) is 6.42 Å². The van der Waals surface area contributed by atoms with Gasteiger partial charge in [0.05, 0.1) is 45.6 Å². The van der Waals surface area contributed by atoms with Crippen LogP contribution in [0.5, 0.6) is 23.0 Å². The van der Waals surface area contributed by atoms with Gasteiger partial charge in [0.2, 0.25) is 0 Å². The Morgan fingerprint density at radius 3 is 2.29 bits per heavy atom. The minimum Gasteiger partial charge on any atom is -0.496 e. The Morgan fingerprint density at radius 1 is 1.00 bits per heavy atom. The highest BCUT2D eigenvalue weighted by Crippen LogP contribution is 2.44. The third-order valence-electron chi connectivity index (χ3n) is 5.19. The largest absolute Gasteiger partial charge is 0.496 e. The van der Waals surface area contributed by atoms with Gasteiger partial charge in [0, 0.05) is 13.0 Å². The monoisotopic (exact) mass is 385 g/mol. The molecule has 0 aromatic heterocycles. The van der Waals surface area contributed by atoms with Crippen molar-refractivity contribution >= 4 is 5.78 Å². The minimum absolute atomic E-state index is 0.0316. The number of ether oxygens (including phenoxy) is 4. The van der Waals surface area contributed by atoms with E-state index in [9.17, 15) is 4.79 Å². The molecule has 0 radical (unpaired) electrons. The number of hydrogen-bond donors (Lipinski definition) is 1. The van der Waals surface area contributed by atoms with Crippen LogP contribution in [0.4, 0.5) is 0 Å². The topological polar surface area (TPSA) is 66.0 Å². The number of ketones is 1. The van der Waals surface area contributed by atoms with Gasteiger partial charge in [0.1, 0.15) is 11.5 Å². The normalized spacial score (nSPS) is 15.5. The summed E-state index contributed by atoms with van der Waals surface area (Å²) < 4.78 is 22.3. The van der Waals surface area contributed by atoms with Crippen LogP contribution in [0, 0.1) is 0 Å². The quantitative estimate of drug-likeness (QED) is 0.736. The Kier molecular flexibility index (Phi) is 6.09. The lowest BCUT2D eigenvalue weighted by atomic mass is 9.87. The average molecular weight is 385 g/mol. The lowest BCUT2D eigenvalue weighted by molar-refractivity contribution is 0.0985. The van der Waals surface area contributed by atoms with Gasteiger partial charge in [-0.2, -0.15) is 0 Å². The molecule has 2 aromatic carbocycles. The zero-order valence-corrected chi connectivity index (χ0v) is 17.0. The van der Waals surface area contributed by atoms with Gasteiger partial charge >= 0.3 is 0 Å². The van der Waals surface area contributed by atoms with Crippen molar-refractivity contribution in [3.05, 3.63) is 46.5 Å². The molecule has 1 unspecified atom stereocenters. The minimum atomic E-state index is -0.196. The molecule has 3 rings (SSSR count). The number of carbonyl (C=O) groups excluding carboxylic acids is 1. The van der Waals surface area contributed by atoms with Gasteiger partial charge in [0.15, 0.2) is 17.3 Å². The molecule has 6 nitrogen and oxygen atoms in total. The Labute approximate surface area is 165 Å². The number of rotatable bonds is 7. The summed E-state index contributed by atoms with van der Waals surface area (Å²) in [6.45, 7) is 2.63. The second-order valence-corrected chi connectivity index (χ2v) is 6.58. The first-order valence-corrected chi connectivity index (χ1v) is 9.35. The molecule has 1 aliphatic heterocycles. The highest BCUT2D eigenvalue weighted by molar-refractivity contribution is 5.99. The first kappa shape index (κ1) is 20.0. The molecule has 0 saturated carbocycles. The highest BCUT2D eigenvalue weighted by Gasteiger charge is 2.31. The fraction of sp³-hybridized carbons (Fsp3) is 0.409. The number of fused-ring (bicyclic) bond motifs is 1. The van der Waals surface area contributed by atoms with E-state index in [2.05, 4.69) is 5.32 Å². The first-order valence-electron chi connectivity index (χ1n) is 9.35. The number of Topliss-reactive ketones (excluding diaryl/α,β-unsaturated/α-hetero) is 1. The molecular formula is C22H27NO5. The molecule has 0 aliphatic carbocycles. The first-order chi connectivity index (χ1) is 13.6. The van der Waals surface area contributed by atoms with Gasteiger partial charge in [-0.05, 0) is 41.8 Å². The van der Waals surface area contributed by atoms with E-state index in [1.165, 1.54) is 0 Å². The van der Waals surface area contributed by atoms with E-state index >= 15 is 0 Å². The van der Waals surface area contributed by atoms with Crippen LogP contribution in [0.25, 0.3) is 0 Å². The van der Waals surface area contributed by atoms with Gasteiger partial charge in [-0.25, -0.2) is 0 Å². The van der Waals surface area contributed by atoms with Crippen molar-refractivity contribution in [3.63, 3.8) is 0 Å². The maximum Gasteiger partial charge on any atom is 0.166 e. The number of carbonyl (C=O) groups is 1. The fourth-order valence-corrected chi connectivity index (χ4v) is 3.80. The van der Waals surface area contributed by atoms with E-state index in [4.69, 9.17) is 18.9 Å². The summed E-state index contributed by atoms with van der Waals surface area (Å²) in [6, 6.07) is 7.40. The third-order valence-corrected chi connectivity index (χ3v) is 5.19. The summed E-state index contributed by atoms with van der Waals surface area (Å²) in [5, 5.41) is 3.55. The maximum atomic E-state index is 12.5. The fourth-order valence-electron chi connectivity index (χ4n) is 3.80. The molecule has 1 N–H and O–H groups in total. The van der Waals surface area contributed by atoms with Crippen molar-refractivity contribution in [1.82, 2.24) is 5.32 Å². The van der Waals surface area contributed by atoms with E-state index in [1.807, 2.05) is 25.1 Å². The smallest absolute Gasteiger partial charge is 0.166 e. The molecular weight excluding hydrogens is 358 g/mol. The molecule has 0 bridgehead atoms. The van der Waals surface area contributed by atoms with Crippen LogP contribution < -0.4 is 24.3 Å². The van der Waals surface area contributed by atoms with Crippen LogP contribution in [0.15, 0.2) is 24.3 Å². The van der Waals surface area contributed by atoms with Crippen LogP contribution >= 0.6 is 0 Å². The van der Waals surface area contributed by atoms with Crippen LogP contribution in [-0.4, -0.2) is 40.8 Å². The van der Waals surface area contributed by atoms with Gasteiger partial charge in [-0.15, -0.1) is 0 Å². The van der Waals surface area contributed by atoms with E-state index in [-0.39, 0.29) is 11.8 Å². The molecule has 0 spiro atoms. The standard InChI is InChI=1S/C22H27NO5/c1-6-16(24)14-7-8-17(25-2)20(22(14)28-5)21-15-12-19(27-4)18(26-3)11-13(15)9-10-23-21/h7-8,11-12,21,23H,6,9-10H2,1-5H3. The molecule has 150 valence electrons. The summed E-state index contributed by atoms with van der Waals surface area (Å²) in [4.78, 5) is 12.5. The Bertz CT molecular complexity index is 878. The van der Waals surface area contributed by atoms with E-state index < -0.39 is 0 Å².